The number of anilines is 1. The fourth-order valence-electron chi connectivity index (χ4n) is 1.56. The molecule has 0 heterocycles. The van der Waals surface area contributed by atoms with Crippen LogP contribution in [0.4, 0.5) is 5.69 Å². The first-order chi connectivity index (χ1) is 9.69. The van der Waals surface area contributed by atoms with Crippen molar-refractivity contribution in [1.29, 1.82) is 0 Å². The number of aromatic carboxylic acids is 1. The molecule has 0 fully saturated rings. The van der Waals surface area contributed by atoms with Crippen LogP contribution in [-0.4, -0.2) is 23.5 Å². The summed E-state index contributed by atoms with van der Waals surface area (Å²) in [6.07, 6.45) is 3.75. The van der Waals surface area contributed by atoms with Crippen molar-refractivity contribution in [2.24, 2.45) is 5.10 Å². The summed E-state index contributed by atoms with van der Waals surface area (Å²) in [5.74, 6) is -0.936. The van der Waals surface area contributed by atoms with Gasteiger partial charge in [0.25, 0.3) is 0 Å². The molecule has 0 spiro atoms. The molecule has 0 aliphatic rings. The van der Waals surface area contributed by atoms with E-state index in [2.05, 4.69) is 10.5 Å². The van der Waals surface area contributed by atoms with Crippen molar-refractivity contribution in [3.63, 3.8) is 0 Å². The van der Waals surface area contributed by atoms with Gasteiger partial charge >= 0.3 is 5.97 Å². The lowest BCUT2D eigenvalue weighted by Crippen LogP contribution is -1.96. The minimum Gasteiger partial charge on any atom is -0.478 e. The van der Waals surface area contributed by atoms with Crippen LogP contribution in [0.15, 0.2) is 58.5 Å². The van der Waals surface area contributed by atoms with Crippen molar-refractivity contribution < 1.29 is 9.90 Å². The van der Waals surface area contributed by atoms with Gasteiger partial charge in [0.2, 0.25) is 0 Å². The van der Waals surface area contributed by atoms with E-state index in [-0.39, 0.29) is 5.56 Å². The van der Waals surface area contributed by atoms with Gasteiger partial charge in [0, 0.05) is 4.90 Å². The molecular weight excluding hydrogens is 272 g/mol. The van der Waals surface area contributed by atoms with E-state index in [0.717, 1.165) is 11.3 Å². The third kappa shape index (κ3) is 3.86. The summed E-state index contributed by atoms with van der Waals surface area (Å²) in [4.78, 5) is 11.9. The normalized spacial score (nSPS) is 10.7. The Morgan fingerprint density at radius 3 is 2.35 bits per heavy atom. The van der Waals surface area contributed by atoms with Crippen molar-refractivity contribution in [3.05, 3.63) is 59.7 Å². The number of rotatable bonds is 5. The molecule has 0 aliphatic heterocycles. The van der Waals surface area contributed by atoms with E-state index in [9.17, 15) is 4.79 Å². The molecule has 0 unspecified atom stereocenters. The molecule has 5 heteroatoms. The summed E-state index contributed by atoms with van der Waals surface area (Å²) >= 11 is 1.69. The summed E-state index contributed by atoms with van der Waals surface area (Å²) in [5.41, 5.74) is 4.86. The van der Waals surface area contributed by atoms with Crippen LogP contribution < -0.4 is 5.43 Å². The lowest BCUT2D eigenvalue weighted by molar-refractivity contribution is 0.0697. The van der Waals surface area contributed by atoms with Crippen LogP contribution in [0.5, 0.6) is 0 Å². The monoisotopic (exact) mass is 286 g/mol. The Kier molecular flexibility index (Phi) is 4.79. The molecule has 0 amide bonds. The van der Waals surface area contributed by atoms with Crippen molar-refractivity contribution in [2.45, 2.75) is 4.90 Å². The quantitative estimate of drug-likeness (QED) is 0.501. The third-order valence-corrected chi connectivity index (χ3v) is 3.40. The first kappa shape index (κ1) is 14.1. The van der Waals surface area contributed by atoms with E-state index < -0.39 is 5.97 Å². The molecule has 4 nitrogen and oxygen atoms in total. The summed E-state index contributed by atoms with van der Waals surface area (Å²) in [6, 6.07) is 14.5. The zero-order valence-corrected chi connectivity index (χ0v) is 11.7. The highest BCUT2D eigenvalue weighted by atomic mass is 32.2. The first-order valence-corrected chi connectivity index (χ1v) is 7.18. The van der Waals surface area contributed by atoms with Gasteiger partial charge in [-0.25, -0.2) is 4.79 Å². The average molecular weight is 286 g/mol. The largest absolute Gasteiger partial charge is 0.478 e. The van der Waals surface area contributed by atoms with Crippen molar-refractivity contribution >= 4 is 29.6 Å². The Labute approximate surface area is 121 Å². The molecule has 0 aromatic heterocycles. The van der Waals surface area contributed by atoms with Crippen LogP contribution in [-0.2, 0) is 0 Å². The van der Waals surface area contributed by atoms with Gasteiger partial charge in [-0.15, -0.1) is 11.8 Å². The summed E-state index contributed by atoms with van der Waals surface area (Å²) in [7, 11) is 0. The molecule has 2 aromatic rings. The summed E-state index contributed by atoms with van der Waals surface area (Å²) in [6.45, 7) is 0. The number of hydrogen-bond donors (Lipinski definition) is 2. The molecule has 0 aliphatic carbocycles. The molecular formula is C15H14N2O2S. The van der Waals surface area contributed by atoms with Gasteiger partial charge in [-0.2, -0.15) is 5.10 Å². The van der Waals surface area contributed by atoms with E-state index >= 15 is 0 Å². The number of nitrogens with zero attached hydrogens (tertiary/aromatic N) is 1. The Balaban J connectivity index is 1.96. The van der Waals surface area contributed by atoms with Gasteiger partial charge in [0.05, 0.1) is 17.5 Å². The van der Waals surface area contributed by atoms with Crippen molar-refractivity contribution in [1.82, 2.24) is 0 Å². The Morgan fingerprint density at radius 2 is 1.80 bits per heavy atom. The molecule has 102 valence electrons. The second kappa shape index (κ2) is 6.77. The number of carbonyl (C=O) groups is 1. The van der Waals surface area contributed by atoms with Crippen LogP contribution in [0.1, 0.15) is 15.9 Å². The van der Waals surface area contributed by atoms with Gasteiger partial charge in [0.1, 0.15) is 0 Å². The second-order valence-corrected chi connectivity index (χ2v) is 4.91. The fourth-order valence-corrected chi connectivity index (χ4v) is 1.97. The van der Waals surface area contributed by atoms with Crippen LogP contribution in [0.25, 0.3) is 0 Å². The Bertz CT molecular complexity index is 607. The van der Waals surface area contributed by atoms with Gasteiger partial charge in [0.15, 0.2) is 0 Å². The SMILES string of the molecule is CSc1ccc(/C=N\Nc2ccc(C(=O)O)cc2)cc1. The van der Waals surface area contributed by atoms with E-state index in [1.54, 1.807) is 30.1 Å². The Hall–Kier alpha value is -2.27. The number of hydrazone groups is 1. The van der Waals surface area contributed by atoms with E-state index in [1.807, 2.05) is 30.5 Å². The number of nitrogens with one attached hydrogen (secondary N) is 1. The summed E-state index contributed by atoms with van der Waals surface area (Å²) < 4.78 is 0. The minimum atomic E-state index is -0.936. The van der Waals surface area contributed by atoms with Crippen LogP contribution in [0, 0.1) is 0 Å². The lowest BCUT2D eigenvalue weighted by atomic mass is 10.2. The van der Waals surface area contributed by atoms with E-state index in [1.165, 1.54) is 17.0 Å². The molecule has 2 N–H and O–H groups in total. The lowest BCUT2D eigenvalue weighted by Gasteiger charge is -2.01. The summed E-state index contributed by atoms with van der Waals surface area (Å²) in [5, 5.41) is 12.9. The smallest absolute Gasteiger partial charge is 0.335 e. The van der Waals surface area contributed by atoms with Gasteiger partial charge in [-0.3, -0.25) is 5.43 Å². The minimum absolute atomic E-state index is 0.257. The second-order valence-electron chi connectivity index (χ2n) is 4.03. The first-order valence-electron chi connectivity index (χ1n) is 5.95. The maximum Gasteiger partial charge on any atom is 0.335 e. The van der Waals surface area contributed by atoms with Gasteiger partial charge < -0.3 is 5.11 Å². The number of benzene rings is 2. The molecule has 2 rings (SSSR count). The van der Waals surface area contributed by atoms with Crippen molar-refractivity contribution in [3.8, 4) is 0 Å². The number of carboxylic acids is 1. The topological polar surface area (TPSA) is 61.7 Å². The fraction of sp³-hybridized carbons (Fsp3) is 0.0667. The molecule has 0 atom stereocenters. The average Bonchev–Trinajstić information content (AvgIpc) is 2.48. The number of hydrogen-bond acceptors (Lipinski definition) is 4. The van der Waals surface area contributed by atoms with E-state index in [4.69, 9.17) is 5.11 Å². The Morgan fingerprint density at radius 1 is 1.15 bits per heavy atom. The van der Waals surface area contributed by atoms with Gasteiger partial charge in [-0.1, -0.05) is 12.1 Å². The molecule has 0 radical (unpaired) electrons. The predicted molar refractivity (Wildman–Crippen MR) is 82.8 cm³/mol. The molecule has 20 heavy (non-hydrogen) atoms. The highest BCUT2D eigenvalue weighted by molar-refractivity contribution is 7.98. The predicted octanol–water partition coefficient (Wildman–Crippen LogP) is 3.55. The molecule has 0 saturated carbocycles. The number of carboxylic acid groups (broad SMARTS) is 1. The molecule has 0 saturated heterocycles. The van der Waals surface area contributed by atoms with E-state index in [0.29, 0.717) is 0 Å². The highest BCUT2D eigenvalue weighted by Crippen LogP contribution is 2.14. The zero-order valence-electron chi connectivity index (χ0n) is 10.9. The van der Waals surface area contributed by atoms with Crippen LogP contribution >= 0.6 is 11.8 Å². The third-order valence-electron chi connectivity index (χ3n) is 2.65. The highest BCUT2D eigenvalue weighted by Gasteiger charge is 2.00. The molecule has 2 aromatic carbocycles. The standard InChI is InChI=1S/C15H14N2O2S/c1-20-14-8-2-11(3-9-14)10-16-17-13-6-4-12(5-7-13)15(18)19/h2-10,17H,1H3,(H,18,19)/b16-10-. The maximum absolute atomic E-state index is 10.7. The zero-order chi connectivity index (χ0) is 14.4. The van der Waals surface area contributed by atoms with Crippen LogP contribution in [0.3, 0.4) is 0 Å². The molecule has 0 bridgehead atoms. The maximum atomic E-state index is 10.7. The van der Waals surface area contributed by atoms with Crippen molar-refractivity contribution in [2.75, 3.05) is 11.7 Å². The van der Waals surface area contributed by atoms with Gasteiger partial charge in [-0.05, 0) is 48.2 Å². The van der Waals surface area contributed by atoms with Crippen LogP contribution in [0.2, 0.25) is 0 Å². The number of thioether (sulfide) groups is 1.